The van der Waals surface area contributed by atoms with Crippen LogP contribution in [-0.4, -0.2) is 17.4 Å². The maximum absolute atomic E-state index is 12.4. The molecule has 1 aromatic heterocycles. The number of unbranched alkanes of at least 4 members (excludes halogenated alkanes) is 4. The molecule has 4 heteroatoms. The Hall–Kier alpha value is -2.36. The molecule has 0 saturated heterocycles. The number of aromatic nitrogens is 1. The molecule has 1 heterocycles. The molecule has 1 aromatic carbocycles. The molecule has 0 radical (unpaired) electrons. The molecule has 122 valence electrons. The SMILES string of the molecule is CCCCCCCNC(=O)c1ccccc1Nc1ccncc1. The molecule has 2 N–H and O–H groups in total. The molecule has 0 aliphatic heterocycles. The summed E-state index contributed by atoms with van der Waals surface area (Å²) in [5.74, 6) is -0.0300. The van der Waals surface area contributed by atoms with Crippen molar-refractivity contribution in [2.75, 3.05) is 11.9 Å². The van der Waals surface area contributed by atoms with Gasteiger partial charge in [-0.15, -0.1) is 0 Å². The minimum atomic E-state index is -0.0300. The minimum absolute atomic E-state index is 0.0300. The van der Waals surface area contributed by atoms with Gasteiger partial charge >= 0.3 is 0 Å². The summed E-state index contributed by atoms with van der Waals surface area (Å²) in [6, 6.07) is 11.3. The van der Waals surface area contributed by atoms with Crippen LogP contribution in [0.3, 0.4) is 0 Å². The number of carbonyl (C=O) groups excluding carboxylic acids is 1. The van der Waals surface area contributed by atoms with Gasteiger partial charge in [-0.05, 0) is 30.7 Å². The van der Waals surface area contributed by atoms with E-state index in [2.05, 4.69) is 22.5 Å². The van der Waals surface area contributed by atoms with Gasteiger partial charge in [0, 0.05) is 24.6 Å². The van der Waals surface area contributed by atoms with Gasteiger partial charge in [0.2, 0.25) is 0 Å². The van der Waals surface area contributed by atoms with Crippen molar-refractivity contribution in [3.8, 4) is 0 Å². The van der Waals surface area contributed by atoms with Gasteiger partial charge in [0.05, 0.1) is 11.3 Å². The van der Waals surface area contributed by atoms with Crippen LogP contribution in [0.15, 0.2) is 48.8 Å². The van der Waals surface area contributed by atoms with Crippen molar-refractivity contribution >= 4 is 17.3 Å². The number of para-hydroxylation sites is 1. The highest BCUT2D eigenvalue weighted by Gasteiger charge is 2.10. The lowest BCUT2D eigenvalue weighted by Crippen LogP contribution is -2.25. The van der Waals surface area contributed by atoms with Gasteiger partial charge in [0.15, 0.2) is 0 Å². The molecule has 0 saturated carbocycles. The maximum atomic E-state index is 12.4. The molecule has 0 bridgehead atoms. The number of amides is 1. The Bertz CT molecular complexity index is 599. The molecule has 0 unspecified atom stereocenters. The zero-order chi connectivity index (χ0) is 16.3. The highest BCUT2D eigenvalue weighted by atomic mass is 16.1. The second-order valence-electron chi connectivity index (χ2n) is 5.58. The molecule has 23 heavy (non-hydrogen) atoms. The summed E-state index contributed by atoms with van der Waals surface area (Å²) in [6.45, 7) is 2.93. The van der Waals surface area contributed by atoms with Crippen molar-refractivity contribution < 1.29 is 4.79 Å². The monoisotopic (exact) mass is 311 g/mol. The second-order valence-corrected chi connectivity index (χ2v) is 5.58. The molecule has 0 aliphatic carbocycles. The third-order valence-electron chi connectivity index (χ3n) is 3.70. The Morgan fingerprint density at radius 2 is 1.74 bits per heavy atom. The van der Waals surface area contributed by atoms with E-state index in [-0.39, 0.29) is 5.91 Å². The lowest BCUT2D eigenvalue weighted by Gasteiger charge is -2.12. The van der Waals surface area contributed by atoms with Crippen LogP contribution >= 0.6 is 0 Å². The molecule has 2 rings (SSSR count). The molecular weight excluding hydrogens is 286 g/mol. The predicted octanol–water partition coefficient (Wildman–Crippen LogP) is 4.53. The van der Waals surface area contributed by atoms with E-state index in [1.54, 1.807) is 12.4 Å². The van der Waals surface area contributed by atoms with Crippen LogP contribution in [-0.2, 0) is 0 Å². The van der Waals surface area contributed by atoms with Crippen LogP contribution in [0, 0.1) is 0 Å². The van der Waals surface area contributed by atoms with Gasteiger partial charge < -0.3 is 10.6 Å². The van der Waals surface area contributed by atoms with E-state index < -0.39 is 0 Å². The molecule has 0 fully saturated rings. The van der Waals surface area contributed by atoms with Gasteiger partial charge in [0.1, 0.15) is 0 Å². The first-order chi connectivity index (χ1) is 11.3. The fourth-order valence-corrected chi connectivity index (χ4v) is 2.41. The number of nitrogens with one attached hydrogen (secondary N) is 2. The van der Waals surface area contributed by atoms with Crippen LogP contribution in [0.4, 0.5) is 11.4 Å². The third-order valence-corrected chi connectivity index (χ3v) is 3.70. The summed E-state index contributed by atoms with van der Waals surface area (Å²) in [7, 11) is 0. The molecule has 4 nitrogen and oxygen atoms in total. The standard InChI is InChI=1S/C19H25N3O/c1-2-3-4-5-8-13-21-19(23)17-9-6-7-10-18(17)22-16-11-14-20-15-12-16/h6-7,9-12,14-15H,2-5,8,13H2,1H3,(H,20,22)(H,21,23). The predicted molar refractivity (Wildman–Crippen MR) is 95.1 cm³/mol. The number of rotatable bonds is 9. The average molecular weight is 311 g/mol. The van der Waals surface area contributed by atoms with E-state index >= 15 is 0 Å². The summed E-state index contributed by atoms with van der Waals surface area (Å²) in [5.41, 5.74) is 2.39. The van der Waals surface area contributed by atoms with Gasteiger partial charge in [0.25, 0.3) is 5.91 Å². The molecule has 0 atom stereocenters. The van der Waals surface area contributed by atoms with Crippen molar-refractivity contribution in [3.63, 3.8) is 0 Å². The smallest absolute Gasteiger partial charge is 0.253 e. The summed E-state index contributed by atoms with van der Waals surface area (Å²) in [6.07, 6.45) is 9.40. The average Bonchev–Trinajstić information content (AvgIpc) is 2.59. The number of benzene rings is 1. The van der Waals surface area contributed by atoms with Crippen molar-refractivity contribution in [1.82, 2.24) is 10.3 Å². The maximum Gasteiger partial charge on any atom is 0.253 e. The van der Waals surface area contributed by atoms with Crippen LogP contribution in [0.5, 0.6) is 0 Å². The van der Waals surface area contributed by atoms with Crippen LogP contribution in [0.2, 0.25) is 0 Å². The second kappa shape index (κ2) is 9.62. The molecule has 1 amide bonds. The first-order valence-corrected chi connectivity index (χ1v) is 8.35. The number of pyridine rings is 1. The van der Waals surface area contributed by atoms with Crippen molar-refractivity contribution in [3.05, 3.63) is 54.4 Å². The first-order valence-electron chi connectivity index (χ1n) is 8.35. The summed E-state index contributed by atoms with van der Waals surface area (Å²) >= 11 is 0. The Kier molecular flexibility index (Phi) is 7.11. The topological polar surface area (TPSA) is 54.0 Å². The minimum Gasteiger partial charge on any atom is -0.355 e. The van der Waals surface area contributed by atoms with Crippen LogP contribution in [0.25, 0.3) is 0 Å². The van der Waals surface area contributed by atoms with E-state index in [0.717, 1.165) is 24.3 Å². The fraction of sp³-hybridized carbons (Fsp3) is 0.368. The molecular formula is C19H25N3O. The third kappa shape index (κ3) is 5.74. The normalized spacial score (nSPS) is 10.3. The Balaban J connectivity index is 1.90. The highest BCUT2D eigenvalue weighted by molar-refractivity contribution is 6.00. The largest absolute Gasteiger partial charge is 0.355 e. The van der Waals surface area contributed by atoms with E-state index in [1.165, 1.54) is 25.7 Å². The van der Waals surface area contributed by atoms with Crippen molar-refractivity contribution in [1.29, 1.82) is 0 Å². The molecule has 0 aliphatic rings. The van der Waals surface area contributed by atoms with Crippen LogP contribution in [0.1, 0.15) is 49.4 Å². The number of nitrogens with zero attached hydrogens (tertiary/aromatic N) is 1. The number of hydrogen-bond acceptors (Lipinski definition) is 3. The lowest BCUT2D eigenvalue weighted by atomic mass is 10.1. The highest BCUT2D eigenvalue weighted by Crippen LogP contribution is 2.20. The molecule has 2 aromatic rings. The summed E-state index contributed by atoms with van der Waals surface area (Å²) in [5, 5.41) is 6.28. The Morgan fingerprint density at radius 1 is 1.00 bits per heavy atom. The van der Waals surface area contributed by atoms with Gasteiger partial charge in [-0.25, -0.2) is 0 Å². The number of carbonyl (C=O) groups is 1. The zero-order valence-corrected chi connectivity index (χ0v) is 13.7. The Labute approximate surface area is 138 Å². The summed E-state index contributed by atoms with van der Waals surface area (Å²) < 4.78 is 0. The van der Waals surface area contributed by atoms with Gasteiger partial charge in [-0.1, -0.05) is 44.7 Å². The lowest BCUT2D eigenvalue weighted by molar-refractivity contribution is 0.0954. The molecule has 0 spiro atoms. The quantitative estimate of drug-likeness (QED) is 0.669. The number of hydrogen-bond donors (Lipinski definition) is 2. The van der Waals surface area contributed by atoms with Gasteiger partial charge in [-0.3, -0.25) is 9.78 Å². The first kappa shape index (κ1) is 17.0. The van der Waals surface area contributed by atoms with Gasteiger partial charge in [-0.2, -0.15) is 0 Å². The number of anilines is 2. The van der Waals surface area contributed by atoms with Crippen LogP contribution < -0.4 is 10.6 Å². The fourth-order valence-electron chi connectivity index (χ4n) is 2.41. The van der Waals surface area contributed by atoms with E-state index in [9.17, 15) is 4.79 Å². The Morgan fingerprint density at radius 3 is 2.52 bits per heavy atom. The van der Waals surface area contributed by atoms with E-state index in [4.69, 9.17) is 0 Å². The van der Waals surface area contributed by atoms with Crippen molar-refractivity contribution in [2.24, 2.45) is 0 Å². The zero-order valence-electron chi connectivity index (χ0n) is 13.7. The van der Waals surface area contributed by atoms with Crippen molar-refractivity contribution in [2.45, 2.75) is 39.0 Å². The van der Waals surface area contributed by atoms with E-state index in [1.807, 2.05) is 36.4 Å². The van der Waals surface area contributed by atoms with E-state index in [0.29, 0.717) is 5.56 Å². The summed E-state index contributed by atoms with van der Waals surface area (Å²) in [4.78, 5) is 16.4.